The average Bonchev–Trinajstić information content (AvgIpc) is 2.33. The van der Waals surface area contributed by atoms with E-state index in [0.29, 0.717) is 26.2 Å². The average molecular weight is 241 g/mol. The van der Waals surface area contributed by atoms with Crippen LogP contribution in [0.25, 0.3) is 0 Å². The lowest BCUT2D eigenvalue weighted by atomic mass is 10.1. The lowest BCUT2D eigenvalue weighted by Gasteiger charge is -2.32. The van der Waals surface area contributed by atoms with Crippen LogP contribution in [0.4, 0.5) is 8.78 Å². The van der Waals surface area contributed by atoms with Gasteiger partial charge in [0, 0.05) is 31.7 Å². The quantitative estimate of drug-likeness (QED) is 0.732. The number of hydrazine groups is 1. The number of carbonyl (C=O) groups is 1. The Balaban J connectivity index is 2.11. The van der Waals surface area contributed by atoms with E-state index in [0.717, 1.165) is 12.1 Å². The molecule has 0 radical (unpaired) electrons. The Bertz CT molecular complexity index is 431. The third kappa shape index (κ3) is 2.59. The maximum Gasteiger partial charge on any atom is 0.254 e. The predicted octanol–water partition coefficient (Wildman–Crippen LogP) is 0.596. The summed E-state index contributed by atoms with van der Waals surface area (Å²) in [6.07, 6.45) is 0. The Morgan fingerprint density at radius 3 is 2.35 bits per heavy atom. The molecule has 4 nitrogen and oxygen atoms in total. The Morgan fingerprint density at radius 1 is 1.12 bits per heavy atom. The van der Waals surface area contributed by atoms with Gasteiger partial charge in [-0.25, -0.2) is 13.8 Å². The van der Waals surface area contributed by atoms with Crippen LogP contribution in [-0.2, 0) is 0 Å². The van der Waals surface area contributed by atoms with Crippen LogP contribution in [0.1, 0.15) is 10.4 Å². The van der Waals surface area contributed by atoms with Crippen molar-refractivity contribution >= 4 is 5.91 Å². The van der Waals surface area contributed by atoms with Gasteiger partial charge in [0.05, 0.1) is 0 Å². The van der Waals surface area contributed by atoms with Crippen LogP contribution in [-0.4, -0.2) is 42.0 Å². The van der Waals surface area contributed by atoms with Crippen LogP contribution in [0.5, 0.6) is 0 Å². The zero-order chi connectivity index (χ0) is 12.4. The van der Waals surface area contributed by atoms with E-state index in [1.165, 1.54) is 6.07 Å². The third-order valence-corrected chi connectivity index (χ3v) is 2.77. The molecule has 0 spiro atoms. The van der Waals surface area contributed by atoms with Crippen molar-refractivity contribution in [1.29, 1.82) is 0 Å². The molecule has 2 rings (SSSR count). The summed E-state index contributed by atoms with van der Waals surface area (Å²) in [6, 6.07) is 3.17. The minimum absolute atomic E-state index is 0.161. The van der Waals surface area contributed by atoms with Crippen molar-refractivity contribution in [3.05, 3.63) is 35.4 Å². The maximum atomic E-state index is 13.0. The normalized spacial score (nSPS) is 17.2. The molecule has 6 heteroatoms. The summed E-state index contributed by atoms with van der Waals surface area (Å²) in [5.41, 5.74) is 0.161. The molecule has 1 aromatic rings. The second kappa shape index (κ2) is 4.77. The molecule has 0 aliphatic carbocycles. The molecule has 1 aromatic carbocycles. The van der Waals surface area contributed by atoms with Crippen LogP contribution in [0.15, 0.2) is 18.2 Å². The zero-order valence-electron chi connectivity index (χ0n) is 9.20. The first-order chi connectivity index (χ1) is 8.08. The van der Waals surface area contributed by atoms with E-state index in [4.69, 9.17) is 5.84 Å². The second-order valence-corrected chi connectivity index (χ2v) is 3.96. The van der Waals surface area contributed by atoms with E-state index in [2.05, 4.69) is 0 Å². The van der Waals surface area contributed by atoms with Crippen molar-refractivity contribution in [2.45, 2.75) is 0 Å². The van der Waals surface area contributed by atoms with Crippen LogP contribution in [0.3, 0.4) is 0 Å². The molecule has 0 atom stereocenters. The van der Waals surface area contributed by atoms with E-state index < -0.39 is 11.6 Å². The largest absolute Gasteiger partial charge is 0.336 e. The molecule has 1 aliphatic rings. The van der Waals surface area contributed by atoms with Crippen molar-refractivity contribution in [1.82, 2.24) is 9.91 Å². The monoisotopic (exact) mass is 241 g/mol. The molecule has 1 heterocycles. The van der Waals surface area contributed by atoms with E-state index in [9.17, 15) is 13.6 Å². The van der Waals surface area contributed by atoms with Gasteiger partial charge in [0.2, 0.25) is 0 Å². The number of benzene rings is 1. The summed E-state index contributed by atoms with van der Waals surface area (Å²) in [6.45, 7) is 2.15. The fourth-order valence-corrected chi connectivity index (χ4v) is 1.74. The molecule has 0 bridgehead atoms. The first-order valence-electron chi connectivity index (χ1n) is 5.32. The number of hydrogen-bond acceptors (Lipinski definition) is 3. The molecule has 92 valence electrons. The van der Waals surface area contributed by atoms with E-state index in [1.54, 1.807) is 9.91 Å². The Labute approximate surface area is 97.6 Å². The van der Waals surface area contributed by atoms with Gasteiger partial charge in [0.1, 0.15) is 0 Å². The number of rotatable bonds is 1. The summed E-state index contributed by atoms with van der Waals surface area (Å²) in [4.78, 5) is 13.5. The highest BCUT2D eigenvalue weighted by molar-refractivity contribution is 5.94. The summed E-state index contributed by atoms with van der Waals surface area (Å²) in [7, 11) is 0. The minimum Gasteiger partial charge on any atom is -0.336 e. The molecular formula is C11H13F2N3O. The Hall–Kier alpha value is -1.53. The van der Waals surface area contributed by atoms with Gasteiger partial charge in [-0.05, 0) is 18.2 Å². The predicted molar refractivity (Wildman–Crippen MR) is 58.0 cm³/mol. The van der Waals surface area contributed by atoms with Gasteiger partial charge in [0.25, 0.3) is 5.91 Å². The van der Waals surface area contributed by atoms with Gasteiger partial charge in [0.15, 0.2) is 11.6 Å². The van der Waals surface area contributed by atoms with Crippen molar-refractivity contribution in [3.63, 3.8) is 0 Å². The number of carbonyl (C=O) groups excluding carboxylic acids is 1. The molecular weight excluding hydrogens is 228 g/mol. The standard InChI is InChI=1S/C11H13F2N3O/c12-9-2-1-8(7-10(9)13)11(17)15-3-5-16(14)6-4-15/h1-2,7H,3-6,14H2. The van der Waals surface area contributed by atoms with Crippen molar-refractivity contribution < 1.29 is 13.6 Å². The highest BCUT2D eigenvalue weighted by Gasteiger charge is 2.21. The highest BCUT2D eigenvalue weighted by Crippen LogP contribution is 2.12. The van der Waals surface area contributed by atoms with Gasteiger partial charge in [-0.1, -0.05) is 0 Å². The molecule has 2 N–H and O–H groups in total. The highest BCUT2D eigenvalue weighted by atomic mass is 19.2. The summed E-state index contributed by atoms with van der Waals surface area (Å²) in [5.74, 6) is 3.31. The van der Waals surface area contributed by atoms with Crippen LogP contribution in [0.2, 0.25) is 0 Å². The summed E-state index contributed by atoms with van der Waals surface area (Å²) in [5, 5.41) is 1.62. The smallest absolute Gasteiger partial charge is 0.254 e. The Morgan fingerprint density at radius 2 is 1.76 bits per heavy atom. The summed E-state index contributed by atoms with van der Waals surface area (Å²) < 4.78 is 25.7. The zero-order valence-corrected chi connectivity index (χ0v) is 9.20. The lowest BCUT2D eigenvalue weighted by molar-refractivity contribution is 0.0637. The number of amides is 1. The summed E-state index contributed by atoms with van der Waals surface area (Å²) >= 11 is 0. The van der Waals surface area contributed by atoms with Crippen LogP contribution in [0, 0.1) is 11.6 Å². The fourth-order valence-electron chi connectivity index (χ4n) is 1.74. The molecule has 1 amide bonds. The lowest BCUT2D eigenvalue weighted by Crippen LogP contribution is -2.51. The topological polar surface area (TPSA) is 49.6 Å². The van der Waals surface area contributed by atoms with Crippen molar-refractivity contribution in [3.8, 4) is 0 Å². The first-order valence-corrected chi connectivity index (χ1v) is 5.32. The molecule has 1 saturated heterocycles. The maximum absolute atomic E-state index is 13.0. The number of nitrogens with two attached hydrogens (primary N) is 1. The Kier molecular flexibility index (Phi) is 3.35. The molecule has 0 aromatic heterocycles. The molecule has 0 unspecified atom stereocenters. The van der Waals surface area contributed by atoms with E-state index in [1.807, 2.05) is 0 Å². The minimum atomic E-state index is -1.01. The van der Waals surface area contributed by atoms with Gasteiger partial charge in [-0.3, -0.25) is 10.6 Å². The molecule has 0 saturated carbocycles. The van der Waals surface area contributed by atoms with Crippen LogP contribution >= 0.6 is 0 Å². The number of hydrogen-bond donors (Lipinski definition) is 1. The SMILES string of the molecule is NN1CCN(C(=O)c2ccc(F)c(F)c2)CC1. The van der Waals surface area contributed by atoms with Crippen LogP contribution < -0.4 is 5.84 Å². The second-order valence-electron chi connectivity index (χ2n) is 3.96. The number of halogens is 2. The molecule has 17 heavy (non-hydrogen) atoms. The molecule has 1 fully saturated rings. The van der Waals surface area contributed by atoms with Gasteiger partial charge in [-0.2, -0.15) is 0 Å². The van der Waals surface area contributed by atoms with E-state index in [-0.39, 0.29) is 11.5 Å². The van der Waals surface area contributed by atoms with Crippen molar-refractivity contribution in [2.75, 3.05) is 26.2 Å². The van der Waals surface area contributed by atoms with Crippen molar-refractivity contribution in [2.24, 2.45) is 5.84 Å². The third-order valence-electron chi connectivity index (χ3n) is 2.77. The van der Waals surface area contributed by atoms with Gasteiger partial charge in [-0.15, -0.1) is 0 Å². The number of piperazine rings is 1. The van der Waals surface area contributed by atoms with Gasteiger partial charge >= 0.3 is 0 Å². The van der Waals surface area contributed by atoms with Gasteiger partial charge < -0.3 is 4.90 Å². The number of nitrogens with zero attached hydrogens (tertiary/aromatic N) is 2. The fraction of sp³-hybridized carbons (Fsp3) is 0.364. The first kappa shape index (κ1) is 11.9. The molecule has 1 aliphatic heterocycles. The van der Waals surface area contributed by atoms with E-state index >= 15 is 0 Å².